The molecule has 3 atom stereocenters. The van der Waals surface area contributed by atoms with Gasteiger partial charge in [0.25, 0.3) is 0 Å². The van der Waals surface area contributed by atoms with Gasteiger partial charge in [0.15, 0.2) is 5.13 Å². The lowest BCUT2D eigenvalue weighted by atomic mass is 9.81. The molecule has 0 spiro atoms. The van der Waals surface area contributed by atoms with Crippen LogP contribution in [0.15, 0.2) is 29.8 Å². The van der Waals surface area contributed by atoms with Gasteiger partial charge in [-0.05, 0) is 55.6 Å². The summed E-state index contributed by atoms with van der Waals surface area (Å²) in [6, 6.07) is 5.07. The summed E-state index contributed by atoms with van der Waals surface area (Å²) in [6.45, 7) is 9.27. The molecular weight excluding hydrogens is 677 g/mol. The molecule has 1 aliphatic carbocycles. The van der Waals surface area contributed by atoms with E-state index in [9.17, 15) is 24.6 Å². The largest absolute Gasteiger partial charge is 0.390 e. The first-order chi connectivity index (χ1) is 24.9. The van der Waals surface area contributed by atoms with Crippen molar-refractivity contribution < 1.29 is 24.6 Å². The van der Waals surface area contributed by atoms with Gasteiger partial charge in [0.05, 0.1) is 30.9 Å². The van der Waals surface area contributed by atoms with Crippen LogP contribution >= 0.6 is 11.3 Å². The summed E-state index contributed by atoms with van der Waals surface area (Å²) < 4.78 is 0. The average Bonchev–Trinajstić information content (AvgIpc) is 3.55. The molecule has 1 aliphatic rings. The fourth-order valence-corrected chi connectivity index (χ4v) is 8.07. The van der Waals surface area contributed by atoms with E-state index in [1.807, 2.05) is 37.4 Å². The molecule has 3 rings (SSSR count). The molecule has 4 N–H and O–H groups in total. The highest BCUT2D eigenvalue weighted by atomic mass is 32.1. The van der Waals surface area contributed by atoms with Gasteiger partial charge in [-0.25, -0.2) is 4.98 Å². The zero-order valence-corrected chi connectivity index (χ0v) is 33.2. The third-order valence-electron chi connectivity index (χ3n) is 10.4. The molecule has 292 valence electrons. The number of hydrogen-bond donors (Lipinski definition) is 3. The Labute approximate surface area is 316 Å². The highest BCUT2D eigenvalue weighted by Crippen LogP contribution is 2.32. The van der Waals surface area contributed by atoms with Crippen LogP contribution in [-0.2, 0) is 27.3 Å². The van der Waals surface area contributed by atoms with Crippen molar-refractivity contribution in [1.82, 2.24) is 24.7 Å². The van der Waals surface area contributed by atoms with Gasteiger partial charge in [0, 0.05) is 56.7 Å². The second kappa shape index (κ2) is 22.9. The number of carbonyl (C=O) groups is 3. The molecule has 11 nitrogen and oxygen atoms in total. The molecule has 2 aromatic rings. The fourth-order valence-electron chi connectivity index (χ4n) is 7.52. The van der Waals surface area contributed by atoms with Crippen molar-refractivity contribution in [3.63, 3.8) is 0 Å². The maximum atomic E-state index is 14.3. The van der Waals surface area contributed by atoms with Crippen LogP contribution < -0.4 is 5.73 Å². The Balaban J connectivity index is 1.82. The minimum absolute atomic E-state index is 0.0537. The summed E-state index contributed by atoms with van der Waals surface area (Å²) in [5, 5.41) is 25.1. The number of carbonyl (C=O) groups excluding carboxylic acids is 3. The van der Waals surface area contributed by atoms with Crippen LogP contribution in [0.1, 0.15) is 123 Å². The number of aliphatic hydroxyl groups is 2. The molecule has 0 radical (unpaired) electrons. The van der Waals surface area contributed by atoms with E-state index in [1.165, 1.54) is 17.8 Å². The first-order valence-corrected chi connectivity index (χ1v) is 20.6. The number of anilines is 1. The zero-order valence-electron chi connectivity index (χ0n) is 32.4. The fraction of sp³-hybridized carbons (Fsp3) is 0.725. The number of nitrogens with two attached hydrogens (primary N) is 1. The van der Waals surface area contributed by atoms with Gasteiger partial charge in [-0.1, -0.05) is 78.7 Å². The highest BCUT2D eigenvalue weighted by molar-refractivity contribution is 7.13. The standard InChI is InChI=1S/C40H66N6O5S/c1-6-13-31(14-7-2)25-45(27-38(50)44(5)22-20-32-17-11-12-21-42-32)36(48)18-19-37(49)46(26-33-28-52-40(41)43-33)34(24-30-15-9-8-10-16-30)39(51)35(47)23-29(3)4/h11-12,17,21,28-31,34-35,39,47,51H,6-10,13-16,18-20,22-27H2,1-5H3,(H2,41,43)/t34-,35-,39+/m0/s1. The van der Waals surface area contributed by atoms with Crippen LogP contribution in [-0.4, -0.2) is 97.5 Å². The number of hydrogen-bond acceptors (Lipinski definition) is 9. The third kappa shape index (κ3) is 14.7. The molecule has 12 heteroatoms. The van der Waals surface area contributed by atoms with E-state index in [4.69, 9.17) is 5.73 Å². The number of aromatic nitrogens is 2. The normalized spacial score (nSPS) is 15.4. The van der Waals surface area contributed by atoms with E-state index in [0.29, 0.717) is 49.1 Å². The number of pyridine rings is 1. The Morgan fingerprint density at radius 1 is 0.981 bits per heavy atom. The number of rotatable bonds is 23. The van der Waals surface area contributed by atoms with Crippen LogP contribution in [0.4, 0.5) is 5.13 Å². The van der Waals surface area contributed by atoms with Gasteiger partial charge in [-0.2, -0.15) is 0 Å². The molecule has 1 saturated carbocycles. The van der Waals surface area contributed by atoms with Crippen molar-refractivity contribution in [3.8, 4) is 0 Å². The number of nitrogen functional groups attached to an aromatic ring is 1. The molecule has 52 heavy (non-hydrogen) atoms. The summed E-state index contributed by atoms with van der Waals surface area (Å²) >= 11 is 1.29. The second-order valence-corrected chi connectivity index (χ2v) is 16.2. The third-order valence-corrected chi connectivity index (χ3v) is 11.1. The second-order valence-electron chi connectivity index (χ2n) is 15.3. The van der Waals surface area contributed by atoms with Gasteiger partial charge in [0.1, 0.15) is 6.10 Å². The van der Waals surface area contributed by atoms with Crippen molar-refractivity contribution in [2.24, 2.45) is 17.8 Å². The Hall–Kier alpha value is -3.09. The van der Waals surface area contributed by atoms with E-state index >= 15 is 0 Å². The maximum absolute atomic E-state index is 14.3. The SMILES string of the molecule is CCCC(CCC)CN(CC(=O)N(C)CCc1ccccn1)C(=O)CCC(=O)N(Cc1csc(N)n1)[C@@H](CC1CCCCC1)[C@@H](O)[C@@H](O)CC(C)C. The maximum Gasteiger partial charge on any atom is 0.241 e. The minimum atomic E-state index is -1.15. The molecule has 1 fully saturated rings. The first-order valence-electron chi connectivity index (χ1n) is 19.7. The summed E-state index contributed by atoms with van der Waals surface area (Å²) in [4.78, 5) is 55.6. The zero-order chi connectivity index (χ0) is 38.0. The lowest BCUT2D eigenvalue weighted by Gasteiger charge is -2.39. The Morgan fingerprint density at radius 3 is 2.27 bits per heavy atom. The lowest BCUT2D eigenvalue weighted by molar-refractivity contribution is -0.145. The van der Waals surface area contributed by atoms with Crippen LogP contribution in [0.25, 0.3) is 0 Å². The summed E-state index contributed by atoms with van der Waals surface area (Å²) in [5.41, 5.74) is 7.48. The summed E-state index contributed by atoms with van der Waals surface area (Å²) in [7, 11) is 1.75. The average molecular weight is 743 g/mol. The smallest absolute Gasteiger partial charge is 0.241 e. The topological polar surface area (TPSA) is 153 Å². The van der Waals surface area contributed by atoms with Crippen LogP contribution in [0.2, 0.25) is 0 Å². The van der Waals surface area contributed by atoms with Crippen molar-refractivity contribution in [2.45, 2.75) is 142 Å². The molecule has 0 unspecified atom stereocenters. The number of likely N-dealkylation sites (N-methyl/N-ethyl adjacent to an activating group) is 1. The Bertz CT molecular complexity index is 1330. The quantitative estimate of drug-likeness (QED) is 0.124. The number of nitrogens with zero attached hydrogens (tertiary/aromatic N) is 5. The van der Waals surface area contributed by atoms with Crippen LogP contribution in [0.3, 0.4) is 0 Å². The monoisotopic (exact) mass is 742 g/mol. The van der Waals surface area contributed by atoms with Gasteiger partial charge in [-0.3, -0.25) is 19.4 Å². The van der Waals surface area contributed by atoms with Gasteiger partial charge in [-0.15, -0.1) is 11.3 Å². The molecule has 2 heterocycles. The van der Waals surface area contributed by atoms with Gasteiger partial charge in [0.2, 0.25) is 17.7 Å². The lowest BCUT2D eigenvalue weighted by Crippen LogP contribution is -2.52. The van der Waals surface area contributed by atoms with E-state index < -0.39 is 18.2 Å². The van der Waals surface area contributed by atoms with Crippen LogP contribution in [0, 0.1) is 17.8 Å². The number of amides is 3. The molecule has 2 aromatic heterocycles. The predicted octanol–water partition coefficient (Wildman–Crippen LogP) is 6.08. The van der Waals surface area contributed by atoms with E-state index in [-0.39, 0.29) is 55.5 Å². The number of thiazole rings is 1. The first kappa shape index (κ1) is 43.3. The van der Waals surface area contributed by atoms with E-state index in [0.717, 1.165) is 57.1 Å². The molecular formula is C40H66N6O5S. The molecule has 0 bridgehead atoms. The molecule has 0 aromatic carbocycles. The summed E-state index contributed by atoms with van der Waals surface area (Å²) in [5.74, 6) is 0.0627. The van der Waals surface area contributed by atoms with Gasteiger partial charge >= 0.3 is 0 Å². The Kier molecular flexibility index (Phi) is 19.0. The molecule has 0 aliphatic heterocycles. The van der Waals surface area contributed by atoms with Crippen LogP contribution in [0.5, 0.6) is 0 Å². The van der Waals surface area contributed by atoms with E-state index in [1.54, 1.807) is 27.9 Å². The minimum Gasteiger partial charge on any atom is -0.390 e. The van der Waals surface area contributed by atoms with Crippen molar-refractivity contribution in [1.29, 1.82) is 0 Å². The van der Waals surface area contributed by atoms with Gasteiger partial charge < -0.3 is 30.6 Å². The van der Waals surface area contributed by atoms with E-state index in [2.05, 4.69) is 23.8 Å². The predicted molar refractivity (Wildman–Crippen MR) is 208 cm³/mol. The highest BCUT2D eigenvalue weighted by Gasteiger charge is 2.37. The number of aliphatic hydroxyl groups excluding tert-OH is 2. The van der Waals surface area contributed by atoms with Crippen molar-refractivity contribution in [3.05, 3.63) is 41.2 Å². The van der Waals surface area contributed by atoms with Crippen molar-refractivity contribution in [2.75, 3.05) is 32.4 Å². The van der Waals surface area contributed by atoms with Crippen molar-refractivity contribution >= 4 is 34.2 Å². The summed E-state index contributed by atoms with van der Waals surface area (Å²) in [6.07, 6.45) is 10.3. The molecule has 0 saturated heterocycles. The molecule has 3 amide bonds. The Morgan fingerprint density at radius 2 is 1.67 bits per heavy atom.